The number of hydrogen-bond acceptors (Lipinski definition) is 3. The Hall–Kier alpha value is -1.59. The van der Waals surface area contributed by atoms with Crippen molar-refractivity contribution in [3.05, 3.63) is 35.4 Å². The van der Waals surface area contributed by atoms with Gasteiger partial charge in [-0.05, 0) is 24.0 Å². The number of aliphatic hydroxyl groups is 1. The highest BCUT2D eigenvalue weighted by Crippen LogP contribution is 2.34. The number of benzene rings is 1. The van der Waals surface area contributed by atoms with Crippen molar-refractivity contribution in [1.82, 2.24) is 9.80 Å². The molecule has 1 aliphatic carbocycles. The summed E-state index contributed by atoms with van der Waals surface area (Å²) < 4.78 is 0. The Balaban J connectivity index is 1.79. The molecule has 0 aromatic heterocycles. The lowest BCUT2D eigenvalue weighted by Gasteiger charge is -2.42. The molecule has 1 heterocycles. The fourth-order valence-corrected chi connectivity index (χ4v) is 3.35. The summed E-state index contributed by atoms with van der Waals surface area (Å²) in [6.07, 6.45) is 0.486. The molecular formula is C15H20N2O3. The van der Waals surface area contributed by atoms with E-state index in [1.165, 1.54) is 16.0 Å². The third kappa shape index (κ3) is 2.39. The predicted octanol–water partition coefficient (Wildman–Crippen LogP) is 1.33. The lowest BCUT2D eigenvalue weighted by molar-refractivity contribution is 0.0107. The van der Waals surface area contributed by atoms with Crippen LogP contribution in [0.4, 0.5) is 4.79 Å². The fraction of sp³-hybridized carbons (Fsp3) is 0.533. The van der Waals surface area contributed by atoms with Crippen LogP contribution in [0.1, 0.15) is 23.6 Å². The van der Waals surface area contributed by atoms with E-state index in [0.717, 1.165) is 12.8 Å². The Morgan fingerprint density at radius 3 is 2.55 bits per heavy atom. The topological polar surface area (TPSA) is 64.0 Å². The third-order valence-corrected chi connectivity index (χ3v) is 4.43. The molecule has 20 heavy (non-hydrogen) atoms. The van der Waals surface area contributed by atoms with E-state index in [9.17, 15) is 9.90 Å². The molecular weight excluding hydrogens is 256 g/mol. The minimum absolute atomic E-state index is 0.0101. The molecule has 1 fully saturated rings. The van der Waals surface area contributed by atoms with Gasteiger partial charge in [0.2, 0.25) is 0 Å². The van der Waals surface area contributed by atoms with E-state index < -0.39 is 6.09 Å². The van der Waals surface area contributed by atoms with E-state index in [1.807, 2.05) is 12.1 Å². The van der Waals surface area contributed by atoms with Gasteiger partial charge in [0.25, 0.3) is 0 Å². The third-order valence-electron chi connectivity index (χ3n) is 4.43. The van der Waals surface area contributed by atoms with Crippen molar-refractivity contribution in [2.45, 2.75) is 25.0 Å². The number of fused-ring (bicyclic) bond motifs is 1. The highest BCUT2D eigenvalue weighted by molar-refractivity contribution is 5.65. The van der Waals surface area contributed by atoms with Crippen molar-refractivity contribution in [3.8, 4) is 0 Å². The van der Waals surface area contributed by atoms with Gasteiger partial charge < -0.3 is 15.1 Å². The van der Waals surface area contributed by atoms with Crippen molar-refractivity contribution in [3.63, 3.8) is 0 Å². The van der Waals surface area contributed by atoms with E-state index in [0.29, 0.717) is 26.2 Å². The van der Waals surface area contributed by atoms with Crippen LogP contribution in [0.15, 0.2) is 24.3 Å². The first-order valence-corrected chi connectivity index (χ1v) is 7.14. The second-order valence-corrected chi connectivity index (χ2v) is 5.56. The number of carbonyl (C=O) groups is 1. The predicted molar refractivity (Wildman–Crippen MR) is 74.7 cm³/mol. The maximum absolute atomic E-state index is 11.0. The monoisotopic (exact) mass is 276 g/mol. The number of amides is 1. The van der Waals surface area contributed by atoms with Crippen LogP contribution in [0.5, 0.6) is 0 Å². The van der Waals surface area contributed by atoms with E-state index in [-0.39, 0.29) is 12.1 Å². The molecule has 0 spiro atoms. The summed E-state index contributed by atoms with van der Waals surface area (Å²) in [7, 11) is 0. The van der Waals surface area contributed by atoms with Gasteiger partial charge in [0, 0.05) is 26.2 Å². The van der Waals surface area contributed by atoms with Gasteiger partial charge in [0.1, 0.15) is 0 Å². The standard InChI is InChI=1S/C15H20N2O3/c18-13-6-5-11-3-1-2-4-12(11)14(13)16-7-9-17(10-8-16)15(19)20/h1-4,13-14,18H,5-10H2,(H,19,20)/t13-,14-/m1/s1. The Morgan fingerprint density at radius 2 is 1.85 bits per heavy atom. The summed E-state index contributed by atoms with van der Waals surface area (Å²) in [5, 5.41) is 19.4. The second kappa shape index (κ2) is 5.42. The highest BCUT2D eigenvalue weighted by Gasteiger charge is 2.34. The molecule has 5 heteroatoms. The number of carboxylic acid groups (broad SMARTS) is 1. The number of aliphatic hydroxyl groups excluding tert-OH is 1. The van der Waals surface area contributed by atoms with Gasteiger partial charge in [0.05, 0.1) is 12.1 Å². The van der Waals surface area contributed by atoms with Gasteiger partial charge in [-0.2, -0.15) is 0 Å². The first-order valence-electron chi connectivity index (χ1n) is 7.14. The molecule has 0 saturated carbocycles. The molecule has 2 aliphatic rings. The molecule has 1 saturated heterocycles. The summed E-state index contributed by atoms with van der Waals surface area (Å²) >= 11 is 0. The van der Waals surface area contributed by atoms with Crippen LogP contribution in [0.2, 0.25) is 0 Å². The molecule has 108 valence electrons. The molecule has 2 N–H and O–H groups in total. The Morgan fingerprint density at radius 1 is 1.15 bits per heavy atom. The lowest BCUT2D eigenvalue weighted by atomic mass is 9.84. The summed E-state index contributed by atoms with van der Waals surface area (Å²) in [6, 6.07) is 8.27. The average Bonchev–Trinajstić information content (AvgIpc) is 2.47. The lowest BCUT2D eigenvalue weighted by Crippen LogP contribution is -2.52. The van der Waals surface area contributed by atoms with Crippen molar-refractivity contribution < 1.29 is 15.0 Å². The van der Waals surface area contributed by atoms with Gasteiger partial charge in [-0.1, -0.05) is 24.3 Å². The molecule has 1 aliphatic heterocycles. The average molecular weight is 276 g/mol. The van der Waals surface area contributed by atoms with Crippen LogP contribution >= 0.6 is 0 Å². The minimum atomic E-state index is -0.853. The molecule has 0 bridgehead atoms. The molecule has 5 nitrogen and oxygen atoms in total. The van der Waals surface area contributed by atoms with Crippen molar-refractivity contribution in [1.29, 1.82) is 0 Å². The van der Waals surface area contributed by atoms with Crippen molar-refractivity contribution >= 4 is 6.09 Å². The summed E-state index contributed by atoms with van der Waals surface area (Å²) in [5.41, 5.74) is 2.51. The summed E-state index contributed by atoms with van der Waals surface area (Å²) in [5.74, 6) is 0. The smallest absolute Gasteiger partial charge is 0.407 e. The zero-order valence-electron chi connectivity index (χ0n) is 11.4. The van der Waals surface area contributed by atoms with Gasteiger partial charge in [0.15, 0.2) is 0 Å². The van der Waals surface area contributed by atoms with E-state index >= 15 is 0 Å². The van der Waals surface area contributed by atoms with E-state index in [2.05, 4.69) is 17.0 Å². The van der Waals surface area contributed by atoms with Crippen LogP contribution in [-0.4, -0.2) is 58.4 Å². The van der Waals surface area contributed by atoms with Crippen LogP contribution in [0.25, 0.3) is 0 Å². The minimum Gasteiger partial charge on any atom is -0.465 e. The number of rotatable bonds is 1. The van der Waals surface area contributed by atoms with Crippen LogP contribution in [-0.2, 0) is 6.42 Å². The molecule has 1 aromatic carbocycles. The number of piperazine rings is 1. The van der Waals surface area contributed by atoms with Gasteiger partial charge >= 0.3 is 6.09 Å². The van der Waals surface area contributed by atoms with Crippen molar-refractivity contribution in [2.75, 3.05) is 26.2 Å². The zero-order valence-corrected chi connectivity index (χ0v) is 11.4. The fourth-order valence-electron chi connectivity index (χ4n) is 3.35. The Labute approximate surface area is 118 Å². The van der Waals surface area contributed by atoms with Gasteiger partial charge in [-0.15, -0.1) is 0 Å². The molecule has 3 rings (SSSR count). The SMILES string of the molecule is O=C(O)N1CCN([C@@H]2c3ccccc3CC[C@H]2O)CC1. The van der Waals surface area contributed by atoms with Crippen LogP contribution in [0.3, 0.4) is 0 Å². The van der Waals surface area contributed by atoms with E-state index in [4.69, 9.17) is 5.11 Å². The maximum atomic E-state index is 11.0. The van der Waals surface area contributed by atoms with Crippen LogP contribution in [0, 0.1) is 0 Å². The number of hydrogen-bond donors (Lipinski definition) is 2. The second-order valence-electron chi connectivity index (χ2n) is 5.56. The van der Waals surface area contributed by atoms with Gasteiger partial charge in [-0.25, -0.2) is 4.79 Å². The molecule has 1 amide bonds. The first-order chi connectivity index (χ1) is 9.66. The largest absolute Gasteiger partial charge is 0.465 e. The van der Waals surface area contributed by atoms with Crippen LogP contribution < -0.4 is 0 Å². The molecule has 2 atom stereocenters. The summed E-state index contributed by atoms with van der Waals surface area (Å²) in [6.45, 7) is 2.40. The molecule has 0 unspecified atom stereocenters. The Bertz CT molecular complexity index is 498. The van der Waals surface area contributed by atoms with Crippen molar-refractivity contribution in [2.24, 2.45) is 0 Å². The normalized spacial score (nSPS) is 27.1. The Kier molecular flexibility index (Phi) is 3.63. The number of aryl methyl sites for hydroxylation is 1. The first kappa shape index (κ1) is 13.4. The number of nitrogens with zero attached hydrogens (tertiary/aromatic N) is 2. The molecule has 1 aromatic rings. The quantitative estimate of drug-likeness (QED) is 0.812. The maximum Gasteiger partial charge on any atom is 0.407 e. The summed E-state index contributed by atoms with van der Waals surface area (Å²) in [4.78, 5) is 14.6. The zero-order chi connectivity index (χ0) is 14.1. The molecule has 0 radical (unpaired) electrons. The highest BCUT2D eigenvalue weighted by atomic mass is 16.4. The van der Waals surface area contributed by atoms with E-state index in [1.54, 1.807) is 0 Å². The van der Waals surface area contributed by atoms with Gasteiger partial charge in [-0.3, -0.25) is 4.90 Å².